The molecule has 1 fully saturated rings. The zero-order chi connectivity index (χ0) is 17.1. The molecule has 24 heavy (non-hydrogen) atoms. The number of carbonyl (C=O) groups excluding carboxylic acids is 1. The SMILES string of the molecule is COC(=O)c1nc(-c2cc(OC)cc(OC)c2)cn1[C@H]1CCCO1. The van der Waals surface area contributed by atoms with Gasteiger partial charge in [0.25, 0.3) is 0 Å². The summed E-state index contributed by atoms with van der Waals surface area (Å²) in [4.78, 5) is 16.5. The van der Waals surface area contributed by atoms with Crippen molar-refractivity contribution in [1.82, 2.24) is 9.55 Å². The molecule has 0 N–H and O–H groups in total. The maximum Gasteiger partial charge on any atom is 0.374 e. The van der Waals surface area contributed by atoms with Gasteiger partial charge in [0.2, 0.25) is 5.82 Å². The van der Waals surface area contributed by atoms with Crippen LogP contribution in [0.2, 0.25) is 0 Å². The summed E-state index contributed by atoms with van der Waals surface area (Å²) in [6.07, 6.45) is 3.39. The summed E-state index contributed by atoms with van der Waals surface area (Å²) in [7, 11) is 4.51. The van der Waals surface area contributed by atoms with E-state index in [1.807, 2.05) is 12.1 Å². The largest absolute Gasteiger partial charge is 0.497 e. The van der Waals surface area contributed by atoms with Crippen LogP contribution >= 0.6 is 0 Å². The molecule has 7 heteroatoms. The Morgan fingerprint density at radius 1 is 1.21 bits per heavy atom. The zero-order valence-corrected chi connectivity index (χ0v) is 13.9. The van der Waals surface area contributed by atoms with Crippen LogP contribution in [0.1, 0.15) is 29.7 Å². The first-order valence-corrected chi connectivity index (χ1v) is 7.68. The van der Waals surface area contributed by atoms with Crippen molar-refractivity contribution in [3.63, 3.8) is 0 Å². The molecule has 3 rings (SSSR count). The molecule has 0 amide bonds. The fourth-order valence-electron chi connectivity index (χ4n) is 2.73. The molecule has 0 bridgehead atoms. The van der Waals surface area contributed by atoms with Gasteiger partial charge in [-0.3, -0.25) is 4.57 Å². The fourth-order valence-corrected chi connectivity index (χ4v) is 2.73. The van der Waals surface area contributed by atoms with Gasteiger partial charge in [0.05, 0.1) is 27.0 Å². The molecule has 1 aromatic heterocycles. The van der Waals surface area contributed by atoms with Crippen LogP contribution in [0.25, 0.3) is 11.3 Å². The number of benzene rings is 1. The molecule has 7 nitrogen and oxygen atoms in total. The maximum absolute atomic E-state index is 12.1. The van der Waals surface area contributed by atoms with Crippen LogP contribution in [0.3, 0.4) is 0 Å². The van der Waals surface area contributed by atoms with Crippen LogP contribution in [0, 0.1) is 0 Å². The number of methoxy groups -OCH3 is 3. The first-order chi connectivity index (χ1) is 11.7. The van der Waals surface area contributed by atoms with Gasteiger partial charge in [-0.2, -0.15) is 0 Å². The molecule has 128 valence electrons. The molecule has 2 heterocycles. The van der Waals surface area contributed by atoms with Gasteiger partial charge in [-0.25, -0.2) is 9.78 Å². The lowest BCUT2D eigenvalue weighted by Crippen LogP contribution is -2.15. The summed E-state index contributed by atoms with van der Waals surface area (Å²) in [6.45, 7) is 0.672. The fraction of sp³-hybridized carbons (Fsp3) is 0.412. The van der Waals surface area contributed by atoms with Crippen molar-refractivity contribution < 1.29 is 23.7 Å². The van der Waals surface area contributed by atoms with E-state index in [4.69, 9.17) is 18.9 Å². The number of esters is 1. The summed E-state index contributed by atoms with van der Waals surface area (Å²) in [5, 5.41) is 0. The van der Waals surface area contributed by atoms with E-state index in [0.717, 1.165) is 18.4 Å². The minimum absolute atomic E-state index is 0.201. The van der Waals surface area contributed by atoms with Gasteiger partial charge in [0.15, 0.2) is 0 Å². The summed E-state index contributed by atoms with van der Waals surface area (Å²) in [6, 6.07) is 5.46. The number of rotatable bonds is 5. The van der Waals surface area contributed by atoms with E-state index in [1.54, 1.807) is 31.0 Å². The van der Waals surface area contributed by atoms with Crippen molar-refractivity contribution in [2.45, 2.75) is 19.1 Å². The van der Waals surface area contributed by atoms with Gasteiger partial charge >= 0.3 is 5.97 Å². The van der Waals surface area contributed by atoms with Gasteiger partial charge in [-0.1, -0.05) is 0 Å². The topological polar surface area (TPSA) is 71.8 Å². The molecule has 2 aromatic rings. The molecule has 1 aromatic carbocycles. The minimum Gasteiger partial charge on any atom is -0.497 e. The van der Waals surface area contributed by atoms with Gasteiger partial charge in [0, 0.05) is 24.4 Å². The highest BCUT2D eigenvalue weighted by atomic mass is 16.5. The molecule has 0 radical (unpaired) electrons. The van der Waals surface area contributed by atoms with Gasteiger partial charge in [-0.15, -0.1) is 0 Å². The normalized spacial score (nSPS) is 16.9. The molecule has 1 aliphatic rings. The smallest absolute Gasteiger partial charge is 0.374 e. The summed E-state index contributed by atoms with van der Waals surface area (Å²) in [5.74, 6) is 1.03. The second-order valence-corrected chi connectivity index (χ2v) is 5.42. The third-order valence-corrected chi connectivity index (χ3v) is 3.96. The molecular formula is C17H20N2O5. The van der Waals surface area contributed by atoms with Crippen LogP contribution in [0.15, 0.2) is 24.4 Å². The van der Waals surface area contributed by atoms with E-state index in [0.29, 0.717) is 23.8 Å². The standard InChI is InChI=1S/C17H20N2O5/c1-21-12-7-11(8-13(9-12)22-2)14-10-19(15-5-4-6-24-15)16(18-14)17(20)23-3/h7-10,15H,4-6H2,1-3H3/t15-/m1/s1. The number of nitrogens with zero attached hydrogens (tertiary/aromatic N) is 2. The van der Waals surface area contributed by atoms with Crippen molar-refractivity contribution in [2.75, 3.05) is 27.9 Å². The van der Waals surface area contributed by atoms with E-state index in [1.165, 1.54) is 7.11 Å². The molecule has 1 aliphatic heterocycles. The highest BCUT2D eigenvalue weighted by molar-refractivity contribution is 5.86. The Bertz CT molecular complexity index is 712. The zero-order valence-electron chi connectivity index (χ0n) is 13.9. The van der Waals surface area contributed by atoms with Crippen LogP contribution < -0.4 is 9.47 Å². The Morgan fingerprint density at radius 2 is 1.92 bits per heavy atom. The van der Waals surface area contributed by atoms with Gasteiger partial charge in [0.1, 0.15) is 17.7 Å². The average Bonchev–Trinajstić information content (AvgIpc) is 3.29. The number of hydrogen-bond donors (Lipinski definition) is 0. The molecule has 0 aliphatic carbocycles. The molecule has 1 saturated heterocycles. The number of ether oxygens (including phenoxy) is 4. The van der Waals surface area contributed by atoms with Gasteiger partial charge in [-0.05, 0) is 25.0 Å². The number of aromatic nitrogens is 2. The predicted octanol–water partition coefficient (Wildman–Crippen LogP) is 2.66. The van der Waals surface area contributed by atoms with Crippen LogP contribution in [-0.2, 0) is 9.47 Å². The first-order valence-electron chi connectivity index (χ1n) is 7.68. The number of hydrogen-bond acceptors (Lipinski definition) is 6. The lowest BCUT2D eigenvalue weighted by molar-refractivity contribution is 0.0424. The van der Waals surface area contributed by atoms with E-state index >= 15 is 0 Å². The lowest BCUT2D eigenvalue weighted by atomic mass is 10.1. The third-order valence-electron chi connectivity index (χ3n) is 3.96. The third kappa shape index (κ3) is 3.07. The van der Waals surface area contributed by atoms with Crippen molar-refractivity contribution >= 4 is 5.97 Å². The van der Waals surface area contributed by atoms with E-state index in [2.05, 4.69) is 4.98 Å². The Morgan fingerprint density at radius 3 is 2.46 bits per heavy atom. The highest BCUT2D eigenvalue weighted by Crippen LogP contribution is 2.32. The maximum atomic E-state index is 12.1. The summed E-state index contributed by atoms with van der Waals surface area (Å²) in [5.41, 5.74) is 1.41. The number of imidazole rings is 1. The van der Waals surface area contributed by atoms with Crippen molar-refractivity contribution in [2.24, 2.45) is 0 Å². The number of carbonyl (C=O) groups is 1. The lowest BCUT2D eigenvalue weighted by Gasteiger charge is -2.13. The van der Waals surface area contributed by atoms with Crippen molar-refractivity contribution in [3.8, 4) is 22.8 Å². The van der Waals surface area contributed by atoms with E-state index < -0.39 is 5.97 Å². The molecular weight excluding hydrogens is 312 g/mol. The van der Waals surface area contributed by atoms with Crippen LogP contribution in [0.4, 0.5) is 0 Å². The Hall–Kier alpha value is -2.54. The molecule has 1 atom stereocenters. The minimum atomic E-state index is -0.494. The van der Waals surface area contributed by atoms with Gasteiger partial charge < -0.3 is 18.9 Å². The molecule has 0 spiro atoms. The van der Waals surface area contributed by atoms with E-state index in [9.17, 15) is 4.79 Å². The Kier molecular flexibility index (Phi) is 4.71. The molecule has 0 saturated carbocycles. The Balaban J connectivity index is 2.06. The predicted molar refractivity (Wildman–Crippen MR) is 86.3 cm³/mol. The average molecular weight is 332 g/mol. The Labute approximate surface area is 140 Å². The van der Waals surface area contributed by atoms with E-state index in [-0.39, 0.29) is 12.1 Å². The highest BCUT2D eigenvalue weighted by Gasteiger charge is 2.26. The summed E-state index contributed by atoms with van der Waals surface area (Å²) >= 11 is 0. The second kappa shape index (κ2) is 6.92. The van der Waals surface area contributed by atoms with Crippen molar-refractivity contribution in [3.05, 3.63) is 30.2 Å². The van der Waals surface area contributed by atoms with Crippen LogP contribution in [0.5, 0.6) is 11.5 Å². The van der Waals surface area contributed by atoms with Crippen LogP contribution in [-0.4, -0.2) is 43.5 Å². The first kappa shape index (κ1) is 16.3. The second-order valence-electron chi connectivity index (χ2n) is 5.42. The van der Waals surface area contributed by atoms with Crippen molar-refractivity contribution in [1.29, 1.82) is 0 Å². The quantitative estimate of drug-likeness (QED) is 0.784. The monoisotopic (exact) mass is 332 g/mol. The molecule has 0 unspecified atom stereocenters. The summed E-state index contributed by atoms with van der Waals surface area (Å²) < 4.78 is 22.9.